The van der Waals surface area contributed by atoms with E-state index >= 15 is 0 Å². The molecule has 0 radical (unpaired) electrons. The molecular weight excluding hydrogens is 272 g/mol. The van der Waals surface area contributed by atoms with Gasteiger partial charge in [-0.1, -0.05) is 12.1 Å². The second-order valence-electron chi connectivity index (χ2n) is 3.14. The van der Waals surface area contributed by atoms with Crippen molar-refractivity contribution in [2.45, 2.75) is 13.5 Å². The average molecular weight is 285 g/mol. The number of hydrogen-bond donors (Lipinski definition) is 1. The van der Waals surface area contributed by atoms with Crippen molar-refractivity contribution in [2.24, 2.45) is 5.10 Å². The van der Waals surface area contributed by atoms with Crippen molar-refractivity contribution >= 4 is 26.3 Å². The third-order valence-electron chi connectivity index (χ3n) is 1.91. The van der Waals surface area contributed by atoms with Gasteiger partial charge in [0, 0.05) is 6.92 Å². The molecule has 0 heterocycles. The molecule has 0 aliphatic heterocycles. The molecule has 1 N–H and O–H groups in total. The second kappa shape index (κ2) is 6.27. The maximum atomic E-state index is 10.8. The minimum atomic E-state index is -0.109. The number of rotatable bonds is 5. The average Bonchev–Trinajstić information content (AvgIpc) is 2.29. The van der Waals surface area contributed by atoms with Crippen LogP contribution in [0.4, 0.5) is 0 Å². The van der Waals surface area contributed by atoms with Gasteiger partial charge in [-0.25, -0.2) is 0 Å². The predicted molar refractivity (Wildman–Crippen MR) is 66.9 cm³/mol. The van der Waals surface area contributed by atoms with Gasteiger partial charge in [-0.05, 0) is 33.6 Å². The van der Waals surface area contributed by atoms with Crippen LogP contribution in [0.15, 0.2) is 29.4 Å². The van der Waals surface area contributed by atoms with E-state index in [4.69, 9.17) is 4.74 Å². The first-order chi connectivity index (χ1) is 7.63. The van der Waals surface area contributed by atoms with Crippen molar-refractivity contribution in [3.05, 3.63) is 29.8 Å². The van der Waals surface area contributed by atoms with Crippen LogP contribution >= 0.6 is 15.9 Å². The zero-order valence-electron chi connectivity index (χ0n) is 9.16. The molecule has 0 bridgehead atoms. The lowest BCUT2D eigenvalue weighted by atomic mass is 10.2. The Bertz CT molecular complexity index is 387. The molecule has 0 unspecified atom stereocenters. The number of carbonyl (C=O) groups excluding carboxylic acids is 1. The lowest BCUT2D eigenvalue weighted by Gasteiger charge is -2.03. The molecule has 0 fully saturated rings. The second-order valence-corrected chi connectivity index (χ2v) is 3.89. The first-order valence-electron chi connectivity index (χ1n) is 4.73. The number of nitrogens with one attached hydrogen (secondary N) is 1. The third kappa shape index (κ3) is 4.02. The number of hydrazone groups is 1. The summed E-state index contributed by atoms with van der Waals surface area (Å²) in [5.74, 6) is 0.708. The summed E-state index contributed by atoms with van der Waals surface area (Å²) in [6.07, 6.45) is 0. The molecular formula is C11H13BrN2O2. The maximum Gasteiger partial charge on any atom is 0.187 e. The summed E-state index contributed by atoms with van der Waals surface area (Å²) in [5.41, 5.74) is 3.86. The maximum absolute atomic E-state index is 10.8. The van der Waals surface area contributed by atoms with Gasteiger partial charge in [-0.15, -0.1) is 0 Å². The highest BCUT2D eigenvalue weighted by atomic mass is 79.9. The van der Waals surface area contributed by atoms with Gasteiger partial charge in [0.25, 0.3) is 0 Å². The minimum Gasteiger partial charge on any atom is -0.497 e. The molecule has 1 aromatic rings. The number of methoxy groups -OCH3 is 1. The molecule has 5 heteroatoms. The Morgan fingerprint density at radius 2 is 2.06 bits per heavy atom. The molecule has 0 atom stereocenters. The fourth-order valence-electron chi connectivity index (χ4n) is 1.02. The summed E-state index contributed by atoms with van der Waals surface area (Å²) in [7, 11) is 1.63. The molecule has 16 heavy (non-hydrogen) atoms. The molecule has 0 aromatic heterocycles. The first-order valence-corrected chi connectivity index (χ1v) is 5.52. The highest BCUT2D eigenvalue weighted by Crippen LogP contribution is 2.10. The van der Waals surface area contributed by atoms with Gasteiger partial charge >= 0.3 is 0 Å². The third-order valence-corrected chi connectivity index (χ3v) is 2.65. The van der Waals surface area contributed by atoms with E-state index < -0.39 is 0 Å². The van der Waals surface area contributed by atoms with Gasteiger partial charge in [0.05, 0.1) is 13.7 Å². The van der Waals surface area contributed by atoms with Gasteiger partial charge in [-0.2, -0.15) is 5.10 Å². The van der Waals surface area contributed by atoms with Crippen molar-refractivity contribution in [1.29, 1.82) is 0 Å². The van der Waals surface area contributed by atoms with Crippen molar-refractivity contribution in [3.63, 3.8) is 0 Å². The van der Waals surface area contributed by atoms with E-state index in [2.05, 4.69) is 26.5 Å². The largest absolute Gasteiger partial charge is 0.497 e. The van der Waals surface area contributed by atoms with Gasteiger partial charge in [0.15, 0.2) is 10.4 Å². The van der Waals surface area contributed by atoms with Gasteiger partial charge in [0.1, 0.15) is 5.75 Å². The quantitative estimate of drug-likeness (QED) is 0.665. The molecule has 0 aliphatic carbocycles. The van der Waals surface area contributed by atoms with Crippen LogP contribution in [0, 0.1) is 0 Å². The van der Waals surface area contributed by atoms with Gasteiger partial charge < -0.3 is 10.2 Å². The lowest BCUT2D eigenvalue weighted by Crippen LogP contribution is -2.11. The molecule has 0 spiro atoms. The Hall–Kier alpha value is -1.36. The monoisotopic (exact) mass is 284 g/mol. The Morgan fingerprint density at radius 1 is 1.44 bits per heavy atom. The van der Waals surface area contributed by atoms with E-state index in [0.29, 0.717) is 11.2 Å². The van der Waals surface area contributed by atoms with E-state index in [9.17, 15) is 4.79 Å². The Kier molecular flexibility index (Phi) is 4.98. The van der Waals surface area contributed by atoms with Crippen LogP contribution in [-0.2, 0) is 11.3 Å². The van der Waals surface area contributed by atoms with E-state index in [1.807, 2.05) is 24.3 Å². The standard InChI is InChI=1S/C11H13BrN2O2/c1-8(15)11(12)14-13-7-9-3-5-10(16-2)6-4-9/h3-6,13H,7H2,1-2H3/b14-11-. The fourth-order valence-corrected chi connectivity index (χ4v) is 1.15. The normalized spacial score (nSPS) is 11.1. The molecule has 0 saturated carbocycles. The zero-order valence-corrected chi connectivity index (χ0v) is 10.7. The van der Waals surface area contributed by atoms with Crippen LogP contribution in [0.3, 0.4) is 0 Å². The molecule has 0 aliphatic rings. The summed E-state index contributed by atoms with van der Waals surface area (Å²) < 4.78 is 5.34. The summed E-state index contributed by atoms with van der Waals surface area (Å²) in [6, 6.07) is 7.62. The smallest absolute Gasteiger partial charge is 0.187 e. The molecule has 4 nitrogen and oxygen atoms in total. The SMILES string of the molecule is COc1ccc(CN/N=C(\Br)C(C)=O)cc1. The topological polar surface area (TPSA) is 50.7 Å². The van der Waals surface area contributed by atoms with Crippen LogP contribution in [0.5, 0.6) is 5.75 Å². The number of ketones is 1. The van der Waals surface area contributed by atoms with Crippen LogP contribution in [0.1, 0.15) is 12.5 Å². The summed E-state index contributed by atoms with van der Waals surface area (Å²) in [4.78, 5) is 10.8. The summed E-state index contributed by atoms with van der Waals surface area (Å²) in [5, 5.41) is 3.86. The zero-order chi connectivity index (χ0) is 12.0. The van der Waals surface area contributed by atoms with Crippen molar-refractivity contribution in [3.8, 4) is 5.75 Å². The van der Waals surface area contributed by atoms with E-state index in [-0.39, 0.29) is 5.78 Å². The van der Waals surface area contributed by atoms with Crippen molar-refractivity contribution in [2.75, 3.05) is 7.11 Å². The Labute approximate surface area is 103 Å². The summed E-state index contributed by atoms with van der Waals surface area (Å²) in [6.45, 7) is 2.01. The number of benzene rings is 1. The molecule has 86 valence electrons. The first kappa shape index (κ1) is 12.7. The number of carbonyl (C=O) groups is 1. The molecule has 1 rings (SSSR count). The van der Waals surface area contributed by atoms with Crippen LogP contribution in [-0.4, -0.2) is 17.5 Å². The van der Waals surface area contributed by atoms with Crippen molar-refractivity contribution in [1.82, 2.24) is 5.43 Å². The fraction of sp³-hybridized carbons (Fsp3) is 0.273. The number of Topliss-reactive ketones (excluding diaryl/α,β-unsaturated/α-hetero) is 1. The number of halogens is 1. The molecule has 1 aromatic carbocycles. The van der Waals surface area contributed by atoms with Crippen molar-refractivity contribution < 1.29 is 9.53 Å². The Morgan fingerprint density at radius 3 is 2.56 bits per heavy atom. The van der Waals surface area contributed by atoms with Gasteiger partial charge in [0.2, 0.25) is 0 Å². The number of ether oxygens (including phenoxy) is 1. The molecule has 0 amide bonds. The highest BCUT2D eigenvalue weighted by Gasteiger charge is 1.99. The van der Waals surface area contributed by atoms with Gasteiger partial charge in [-0.3, -0.25) is 4.79 Å². The lowest BCUT2D eigenvalue weighted by molar-refractivity contribution is -0.110. The number of hydrogen-bond acceptors (Lipinski definition) is 4. The highest BCUT2D eigenvalue weighted by molar-refractivity contribution is 9.19. The predicted octanol–water partition coefficient (Wildman–Crippen LogP) is 2.08. The van der Waals surface area contributed by atoms with E-state index in [0.717, 1.165) is 11.3 Å². The van der Waals surface area contributed by atoms with Crippen LogP contribution in [0.2, 0.25) is 0 Å². The molecule has 0 saturated heterocycles. The Balaban J connectivity index is 2.49. The van der Waals surface area contributed by atoms with E-state index in [1.54, 1.807) is 7.11 Å². The summed E-state index contributed by atoms with van der Waals surface area (Å²) >= 11 is 3.06. The van der Waals surface area contributed by atoms with Crippen LogP contribution in [0.25, 0.3) is 0 Å². The minimum absolute atomic E-state index is 0.109. The number of nitrogens with zero attached hydrogens (tertiary/aromatic N) is 1. The van der Waals surface area contributed by atoms with Crippen LogP contribution < -0.4 is 10.2 Å². The van der Waals surface area contributed by atoms with E-state index in [1.165, 1.54) is 6.92 Å².